The van der Waals surface area contributed by atoms with Crippen molar-refractivity contribution in [2.75, 3.05) is 19.7 Å². The number of hydrogen-bond donors (Lipinski definition) is 0. The van der Waals surface area contributed by atoms with Crippen molar-refractivity contribution in [2.24, 2.45) is 5.92 Å². The monoisotopic (exact) mass is 433 g/mol. The number of nitrogens with zero attached hydrogens (tertiary/aromatic N) is 1. The Morgan fingerprint density at radius 2 is 1.97 bits per heavy atom. The van der Waals surface area contributed by atoms with E-state index in [4.69, 9.17) is 4.74 Å². The molecule has 1 aliphatic carbocycles. The van der Waals surface area contributed by atoms with Gasteiger partial charge in [0.2, 0.25) is 0 Å². The predicted molar refractivity (Wildman–Crippen MR) is 127 cm³/mol. The summed E-state index contributed by atoms with van der Waals surface area (Å²) >= 11 is 0. The highest BCUT2D eigenvalue weighted by molar-refractivity contribution is 5.97. The van der Waals surface area contributed by atoms with Gasteiger partial charge in [0.15, 0.2) is 5.78 Å². The van der Waals surface area contributed by atoms with Gasteiger partial charge in [0, 0.05) is 18.5 Å². The number of hydrogen-bond acceptors (Lipinski definition) is 3. The molecule has 2 aromatic rings. The Bertz CT molecular complexity index is 936. The van der Waals surface area contributed by atoms with Gasteiger partial charge in [-0.3, -0.25) is 9.59 Å². The summed E-state index contributed by atoms with van der Waals surface area (Å²) in [6.45, 7) is 5.98. The van der Waals surface area contributed by atoms with E-state index >= 15 is 0 Å². The minimum absolute atomic E-state index is 0.0167. The molecule has 170 valence electrons. The molecule has 2 aromatic carbocycles. The molecule has 0 aromatic heterocycles. The molecule has 4 nitrogen and oxygen atoms in total. The van der Waals surface area contributed by atoms with E-state index in [0.29, 0.717) is 37.0 Å². The molecule has 1 unspecified atom stereocenters. The van der Waals surface area contributed by atoms with Gasteiger partial charge in [-0.25, -0.2) is 0 Å². The molecule has 4 rings (SSSR count). The smallest absolute Gasteiger partial charge is 0.254 e. The molecular weight excluding hydrogens is 398 g/mol. The highest BCUT2D eigenvalue weighted by Gasteiger charge is 2.28. The van der Waals surface area contributed by atoms with Crippen molar-refractivity contribution in [3.05, 3.63) is 65.2 Å². The lowest BCUT2D eigenvalue weighted by Crippen LogP contribution is -2.40. The Hall–Kier alpha value is -2.62. The molecular formula is C28H35NO3. The molecule has 1 heterocycles. The van der Waals surface area contributed by atoms with Crippen LogP contribution >= 0.6 is 0 Å². The molecule has 32 heavy (non-hydrogen) atoms. The molecule has 0 spiro atoms. The fraction of sp³-hybridized carbons (Fsp3) is 0.500. The SMILES string of the molecule is CCOc1cccc([C@@H](C)CC2CC[C@H](c3ccc(C(=O)N4CCCC(=O)C4)cc3)C2)c1. The highest BCUT2D eigenvalue weighted by atomic mass is 16.5. The summed E-state index contributed by atoms with van der Waals surface area (Å²) < 4.78 is 5.67. The second-order valence-electron chi connectivity index (χ2n) is 9.51. The van der Waals surface area contributed by atoms with Crippen LogP contribution in [0.2, 0.25) is 0 Å². The van der Waals surface area contributed by atoms with Crippen LogP contribution in [0.3, 0.4) is 0 Å². The maximum Gasteiger partial charge on any atom is 0.254 e. The third-order valence-electron chi connectivity index (χ3n) is 7.13. The van der Waals surface area contributed by atoms with Crippen molar-refractivity contribution in [1.82, 2.24) is 4.90 Å². The minimum Gasteiger partial charge on any atom is -0.494 e. The number of piperidine rings is 1. The summed E-state index contributed by atoms with van der Waals surface area (Å²) in [5.74, 6) is 2.93. The second kappa shape index (κ2) is 10.3. The first-order valence-corrected chi connectivity index (χ1v) is 12.2. The molecule has 0 N–H and O–H groups in total. The molecule has 1 amide bonds. The van der Waals surface area contributed by atoms with Crippen LogP contribution < -0.4 is 4.74 Å². The maximum atomic E-state index is 12.7. The molecule has 1 aliphatic heterocycles. The van der Waals surface area contributed by atoms with Crippen LogP contribution in [0.15, 0.2) is 48.5 Å². The number of benzene rings is 2. The van der Waals surface area contributed by atoms with E-state index in [1.54, 1.807) is 4.90 Å². The topological polar surface area (TPSA) is 46.6 Å². The summed E-state index contributed by atoms with van der Waals surface area (Å²) in [7, 11) is 0. The molecule has 4 heteroatoms. The molecule has 1 saturated heterocycles. The van der Waals surface area contributed by atoms with Crippen molar-refractivity contribution in [1.29, 1.82) is 0 Å². The van der Waals surface area contributed by atoms with Gasteiger partial charge < -0.3 is 9.64 Å². The van der Waals surface area contributed by atoms with Crippen LogP contribution in [-0.4, -0.2) is 36.3 Å². The summed E-state index contributed by atoms with van der Waals surface area (Å²) in [6.07, 6.45) is 6.26. The van der Waals surface area contributed by atoms with Crippen molar-refractivity contribution in [3.8, 4) is 5.75 Å². The fourth-order valence-electron chi connectivity index (χ4n) is 5.40. The van der Waals surface area contributed by atoms with Crippen LogP contribution in [0.25, 0.3) is 0 Å². The summed E-state index contributed by atoms with van der Waals surface area (Å²) in [6, 6.07) is 16.7. The lowest BCUT2D eigenvalue weighted by Gasteiger charge is -2.26. The van der Waals surface area contributed by atoms with Gasteiger partial charge in [-0.15, -0.1) is 0 Å². The van der Waals surface area contributed by atoms with Gasteiger partial charge in [-0.2, -0.15) is 0 Å². The average Bonchev–Trinajstić information content (AvgIpc) is 3.27. The third-order valence-corrected chi connectivity index (χ3v) is 7.13. The molecule has 2 fully saturated rings. The maximum absolute atomic E-state index is 12.7. The van der Waals surface area contributed by atoms with Crippen LogP contribution in [-0.2, 0) is 4.79 Å². The lowest BCUT2D eigenvalue weighted by atomic mass is 9.88. The zero-order valence-corrected chi connectivity index (χ0v) is 19.4. The van der Waals surface area contributed by atoms with Gasteiger partial charge in [-0.05, 0) is 92.2 Å². The van der Waals surface area contributed by atoms with Gasteiger partial charge >= 0.3 is 0 Å². The Kier molecular flexibility index (Phi) is 7.29. The first-order chi connectivity index (χ1) is 15.5. The lowest BCUT2D eigenvalue weighted by molar-refractivity contribution is -0.121. The summed E-state index contributed by atoms with van der Waals surface area (Å²) in [4.78, 5) is 26.1. The number of amides is 1. The molecule has 3 atom stereocenters. The Balaban J connectivity index is 1.32. The number of likely N-dealkylation sites (tertiary alicyclic amines) is 1. The normalized spacial score (nSPS) is 22.1. The number of ketones is 1. The van der Waals surface area contributed by atoms with E-state index in [0.717, 1.165) is 18.1 Å². The number of rotatable bonds is 7. The van der Waals surface area contributed by atoms with E-state index in [2.05, 4.69) is 37.3 Å². The van der Waals surface area contributed by atoms with Gasteiger partial charge in [0.25, 0.3) is 5.91 Å². The van der Waals surface area contributed by atoms with Crippen molar-refractivity contribution < 1.29 is 14.3 Å². The number of carbonyl (C=O) groups is 2. The standard InChI is InChI=1S/C28H35NO3/c1-3-32-27-8-4-6-24(18-27)20(2)16-21-9-10-25(17-21)22-11-13-23(14-12-22)28(31)29-15-5-7-26(30)19-29/h4,6,8,11-14,18,20-21,25H,3,5,7,9-10,15-17,19H2,1-2H3/t20-,21?,25-/m0/s1. The van der Waals surface area contributed by atoms with Crippen LogP contribution in [0.1, 0.15) is 85.7 Å². The largest absolute Gasteiger partial charge is 0.494 e. The van der Waals surface area contributed by atoms with Crippen LogP contribution in [0.4, 0.5) is 0 Å². The number of Topliss-reactive ketones (excluding diaryl/α,β-unsaturated/α-hetero) is 1. The van der Waals surface area contributed by atoms with Crippen molar-refractivity contribution in [3.63, 3.8) is 0 Å². The van der Waals surface area contributed by atoms with E-state index < -0.39 is 0 Å². The molecule has 0 radical (unpaired) electrons. The minimum atomic E-state index is -0.0167. The van der Waals surface area contributed by atoms with Gasteiger partial charge in [0.1, 0.15) is 5.75 Å². The zero-order chi connectivity index (χ0) is 22.5. The molecule has 2 aliphatic rings. The van der Waals surface area contributed by atoms with E-state index in [9.17, 15) is 9.59 Å². The molecule has 1 saturated carbocycles. The van der Waals surface area contributed by atoms with Crippen LogP contribution in [0.5, 0.6) is 5.75 Å². The zero-order valence-electron chi connectivity index (χ0n) is 19.4. The van der Waals surface area contributed by atoms with Gasteiger partial charge in [0.05, 0.1) is 13.2 Å². The van der Waals surface area contributed by atoms with Gasteiger partial charge in [-0.1, -0.05) is 31.2 Å². The third kappa shape index (κ3) is 5.40. The molecule has 0 bridgehead atoms. The highest BCUT2D eigenvalue weighted by Crippen LogP contribution is 2.42. The number of carbonyl (C=O) groups excluding carboxylic acids is 2. The first kappa shape index (κ1) is 22.6. The fourth-order valence-corrected chi connectivity index (χ4v) is 5.40. The quantitative estimate of drug-likeness (QED) is 0.541. The Morgan fingerprint density at radius 1 is 1.16 bits per heavy atom. The van der Waals surface area contributed by atoms with E-state index in [-0.39, 0.29) is 18.2 Å². The number of ether oxygens (including phenoxy) is 1. The summed E-state index contributed by atoms with van der Waals surface area (Å²) in [5, 5.41) is 0. The Morgan fingerprint density at radius 3 is 2.72 bits per heavy atom. The predicted octanol–water partition coefficient (Wildman–Crippen LogP) is 5.97. The second-order valence-corrected chi connectivity index (χ2v) is 9.51. The van der Waals surface area contributed by atoms with Crippen molar-refractivity contribution in [2.45, 2.75) is 64.2 Å². The van der Waals surface area contributed by atoms with E-state index in [1.165, 1.54) is 36.8 Å². The summed E-state index contributed by atoms with van der Waals surface area (Å²) in [5.41, 5.74) is 3.39. The Labute approximate surface area is 192 Å². The van der Waals surface area contributed by atoms with Crippen molar-refractivity contribution >= 4 is 11.7 Å². The van der Waals surface area contributed by atoms with E-state index in [1.807, 2.05) is 25.1 Å². The average molecular weight is 434 g/mol. The van der Waals surface area contributed by atoms with Crippen LogP contribution in [0, 0.1) is 5.92 Å². The first-order valence-electron chi connectivity index (χ1n) is 12.2.